The van der Waals surface area contributed by atoms with Gasteiger partial charge >= 0.3 is 29.2 Å². The molecule has 20 heteroatoms. The highest BCUT2D eigenvalue weighted by atomic mass is 31.2. The Kier molecular flexibility index (Phi) is 13.1. The molecule has 3 atom stereocenters. The van der Waals surface area contributed by atoms with E-state index in [0.29, 0.717) is 18.4 Å². The fourth-order valence-electron chi connectivity index (χ4n) is 2.45. The van der Waals surface area contributed by atoms with Crippen LogP contribution in [0.2, 0.25) is 0 Å². The number of hydrogen-bond donors (Lipinski definition) is 11. The van der Waals surface area contributed by atoms with E-state index in [9.17, 15) is 14.7 Å². The Morgan fingerprint density at radius 1 is 1.00 bits per heavy atom. The number of rotatable bonds is 1. The van der Waals surface area contributed by atoms with Crippen LogP contribution in [0.15, 0.2) is 15.8 Å². The summed E-state index contributed by atoms with van der Waals surface area (Å²) >= 11 is 0. The fourth-order valence-corrected chi connectivity index (χ4v) is 2.45. The van der Waals surface area contributed by atoms with E-state index in [-0.39, 0.29) is 11.6 Å². The molecule has 0 spiro atoms. The third kappa shape index (κ3) is 18.6. The molecule has 2 rings (SSSR count). The van der Waals surface area contributed by atoms with Crippen molar-refractivity contribution < 1.29 is 62.8 Å². The van der Waals surface area contributed by atoms with E-state index < -0.39 is 40.7 Å². The Morgan fingerprint density at radius 2 is 1.36 bits per heavy atom. The zero-order valence-corrected chi connectivity index (χ0v) is 19.7. The third-order valence-corrected chi connectivity index (χ3v) is 3.76. The molecule has 11 N–H and O–H groups in total. The molecule has 192 valence electrons. The van der Waals surface area contributed by atoms with Crippen molar-refractivity contribution in [3.63, 3.8) is 0 Å². The topological polar surface area (TPSA) is 308 Å². The third-order valence-electron chi connectivity index (χ3n) is 3.76. The van der Waals surface area contributed by atoms with Crippen LogP contribution in [0.25, 0.3) is 0 Å². The lowest BCUT2D eigenvalue weighted by atomic mass is 9.88. The Hall–Kier alpha value is -1.47. The number of aryl methyl sites for hydroxylation is 1. The second-order valence-corrected chi connectivity index (χ2v) is 9.77. The molecule has 0 amide bonds. The average molecular weight is 542 g/mol. The van der Waals surface area contributed by atoms with Gasteiger partial charge in [-0.15, -0.1) is 6.42 Å². The van der Waals surface area contributed by atoms with Crippen molar-refractivity contribution >= 4 is 23.5 Å². The van der Waals surface area contributed by atoms with Crippen LogP contribution in [0.3, 0.4) is 0 Å². The number of phosphoric acid groups is 3. The number of nitrogens with one attached hydrogen (secondary N) is 1. The highest BCUT2D eigenvalue weighted by Gasteiger charge is 2.42. The maximum absolute atomic E-state index is 11.8. The Bertz CT molecular complexity index is 1000. The number of nitrogens with zero attached hydrogens (tertiary/aromatic N) is 1. The summed E-state index contributed by atoms with van der Waals surface area (Å²) in [5.74, 6) is 2.60. The minimum absolute atomic E-state index is 0.177. The van der Waals surface area contributed by atoms with Crippen molar-refractivity contribution in [1.29, 1.82) is 0 Å². The van der Waals surface area contributed by atoms with Crippen molar-refractivity contribution in [3.8, 4) is 12.3 Å². The van der Waals surface area contributed by atoms with Gasteiger partial charge in [0.1, 0.15) is 0 Å². The molecule has 1 aliphatic rings. The molecule has 1 aromatic heterocycles. The van der Waals surface area contributed by atoms with Gasteiger partial charge in [-0.3, -0.25) is 14.3 Å². The lowest BCUT2D eigenvalue weighted by molar-refractivity contribution is 0.104. The lowest BCUT2D eigenvalue weighted by Crippen LogP contribution is -2.32. The summed E-state index contributed by atoms with van der Waals surface area (Å²) in [6, 6.07) is -0.177. The number of aliphatic hydroxyl groups is 1. The molecule has 33 heavy (non-hydrogen) atoms. The van der Waals surface area contributed by atoms with E-state index in [0.717, 1.165) is 0 Å². The largest absolute Gasteiger partial charge is 0.466 e. The van der Waals surface area contributed by atoms with E-state index in [1.54, 1.807) is 13.8 Å². The van der Waals surface area contributed by atoms with Gasteiger partial charge in [0.05, 0.1) is 11.5 Å². The molecule has 0 saturated heterocycles. The first-order chi connectivity index (χ1) is 14.4. The number of aliphatic hydroxyl groups excluding tert-OH is 1. The second-order valence-electron chi connectivity index (χ2n) is 6.69. The van der Waals surface area contributed by atoms with E-state index >= 15 is 0 Å². The van der Waals surface area contributed by atoms with Gasteiger partial charge in [0.25, 0.3) is 5.56 Å². The lowest BCUT2D eigenvalue weighted by Gasteiger charge is -2.20. The number of H-pyrrole nitrogens is 1. The summed E-state index contributed by atoms with van der Waals surface area (Å²) in [6.07, 6.45) is 7.28. The first-order valence-corrected chi connectivity index (χ1v) is 12.9. The van der Waals surface area contributed by atoms with E-state index in [4.69, 9.17) is 64.2 Å². The van der Waals surface area contributed by atoms with Crippen molar-refractivity contribution in [2.24, 2.45) is 5.41 Å². The van der Waals surface area contributed by atoms with E-state index in [2.05, 4.69) is 10.9 Å². The highest BCUT2D eigenvalue weighted by Crippen LogP contribution is 2.43. The maximum Gasteiger partial charge on any atom is 0.466 e. The highest BCUT2D eigenvalue weighted by molar-refractivity contribution is 7.45. The molecule has 0 bridgehead atoms. The van der Waals surface area contributed by atoms with Gasteiger partial charge in [-0.25, -0.2) is 18.5 Å². The summed E-state index contributed by atoms with van der Waals surface area (Å²) in [6.45, 7) is 3.45. The first-order valence-electron chi connectivity index (χ1n) is 8.20. The quantitative estimate of drug-likeness (QED) is 0.128. The SMILES string of the molecule is C#C[C@]1(C)C[C@@H](n2cc(C)c(=O)[nH]c2=O)C[C@@H]1O.O=P(O)(O)O.O=P(O)(O)O.O=P(O)(O)O. The Labute approximate surface area is 185 Å². The summed E-state index contributed by atoms with van der Waals surface area (Å²) in [5.41, 5.74) is -0.981. The smallest absolute Gasteiger partial charge is 0.391 e. The zero-order valence-electron chi connectivity index (χ0n) is 17.0. The van der Waals surface area contributed by atoms with Crippen LogP contribution in [-0.4, -0.2) is 64.8 Å². The van der Waals surface area contributed by atoms with Gasteiger partial charge in [-0.05, 0) is 26.7 Å². The van der Waals surface area contributed by atoms with E-state index in [1.807, 2.05) is 0 Å². The monoisotopic (exact) mass is 542 g/mol. The van der Waals surface area contributed by atoms with Crippen LogP contribution in [0.5, 0.6) is 0 Å². The molecule has 1 saturated carbocycles. The summed E-state index contributed by atoms with van der Waals surface area (Å²) in [7, 11) is -13.9. The second kappa shape index (κ2) is 12.8. The molecule has 1 heterocycles. The zero-order chi connectivity index (χ0) is 27.0. The molecule has 0 aliphatic heterocycles. The Balaban J connectivity index is 0. The van der Waals surface area contributed by atoms with Crippen LogP contribution in [-0.2, 0) is 13.7 Å². The molecule has 0 aromatic carbocycles. The average Bonchev–Trinajstić information content (AvgIpc) is 2.82. The van der Waals surface area contributed by atoms with Crippen molar-refractivity contribution in [2.45, 2.75) is 38.8 Å². The van der Waals surface area contributed by atoms with Crippen molar-refractivity contribution in [3.05, 3.63) is 32.6 Å². The fraction of sp³-hybridized carbons (Fsp3) is 0.538. The summed E-state index contributed by atoms with van der Waals surface area (Å²) < 4.78 is 28.1. The van der Waals surface area contributed by atoms with E-state index in [1.165, 1.54) is 10.8 Å². The van der Waals surface area contributed by atoms with Crippen LogP contribution >= 0.6 is 23.5 Å². The first kappa shape index (κ1) is 33.7. The molecule has 1 aliphatic carbocycles. The van der Waals surface area contributed by atoms with Crippen molar-refractivity contribution in [1.82, 2.24) is 9.55 Å². The van der Waals surface area contributed by atoms with Crippen LogP contribution < -0.4 is 11.2 Å². The van der Waals surface area contributed by atoms with Crippen LogP contribution in [0.4, 0.5) is 0 Å². The van der Waals surface area contributed by atoms with Gasteiger partial charge < -0.3 is 49.1 Å². The van der Waals surface area contributed by atoms with Gasteiger partial charge in [0, 0.05) is 17.8 Å². The molecule has 0 radical (unpaired) electrons. The van der Waals surface area contributed by atoms with Crippen LogP contribution in [0.1, 0.15) is 31.4 Å². The Morgan fingerprint density at radius 3 is 1.67 bits per heavy atom. The number of hydrogen-bond acceptors (Lipinski definition) is 6. The van der Waals surface area contributed by atoms with Crippen LogP contribution in [0, 0.1) is 24.7 Å². The normalized spacial score (nSPS) is 22.4. The molecule has 1 aromatic rings. The minimum atomic E-state index is -4.64. The summed E-state index contributed by atoms with van der Waals surface area (Å²) in [4.78, 5) is 90.0. The standard InChI is InChI=1S/C13H16N2O3.3H3O4P/c1-4-13(3)6-9(5-10(13)16)15-7-8(2)11(17)14-12(15)18;3*1-5(2,3)4/h1,7,9-10,16H,5-6H2,2-3H3,(H,14,17,18);3*(H3,1,2,3,4)/t9-,10-,13+;;;/m0.../s1. The van der Waals surface area contributed by atoms with Gasteiger partial charge in [-0.2, -0.15) is 0 Å². The number of aromatic nitrogens is 2. The summed E-state index contributed by atoms with van der Waals surface area (Å²) in [5, 5.41) is 9.96. The predicted molar refractivity (Wildman–Crippen MR) is 110 cm³/mol. The number of aromatic amines is 1. The molecule has 1 fully saturated rings. The molecule has 0 unspecified atom stereocenters. The molecule has 17 nitrogen and oxygen atoms in total. The van der Waals surface area contributed by atoms with Gasteiger partial charge in [-0.1, -0.05) is 5.92 Å². The molecular formula is C13H25N2O15P3. The maximum atomic E-state index is 11.8. The van der Waals surface area contributed by atoms with Gasteiger partial charge in [0.15, 0.2) is 0 Å². The minimum Gasteiger partial charge on any atom is -0.391 e. The van der Waals surface area contributed by atoms with Crippen molar-refractivity contribution in [2.75, 3.05) is 0 Å². The van der Waals surface area contributed by atoms with Gasteiger partial charge in [0.2, 0.25) is 0 Å². The predicted octanol–water partition coefficient (Wildman–Crippen LogP) is -2.61. The molecular weight excluding hydrogens is 517 g/mol. The number of terminal acetylenes is 1.